The van der Waals surface area contributed by atoms with Crippen molar-refractivity contribution < 1.29 is 0 Å². The summed E-state index contributed by atoms with van der Waals surface area (Å²) in [6, 6.07) is 2.20. The molecule has 2 heteroatoms. The van der Waals surface area contributed by atoms with E-state index in [1.807, 2.05) is 6.92 Å². The van der Waals surface area contributed by atoms with Crippen LogP contribution in [0.3, 0.4) is 0 Å². The summed E-state index contributed by atoms with van der Waals surface area (Å²) >= 11 is 0. The van der Waals surface area contributed by atoms with E-state index in [2.05, 4.69) is 18.3 Å². The molecule has 1 rings (SSSR count). The van der Waals surface area contributed by atoms with Gasteiger partial charge in [0.1, 0.15) is 0 Å². The molecule has 56 valence electrons. The van der Waals surface area contributed by atoms with Crippen LogP contribution in [-0.2, 0) is 0 Å². The zero-order valence-corrected chi connectivity index (χ0v) is 6.65. The first-order chi connectivity index (χ1) is 4.66. The minimum atomic E-state index is 0.150. The first kappa shape index (κ1) is 7.56. The number of nitrogens with one attached hydrogen (secondary N) is 1. The second kappa shape index (κ2) is 2.59. The lowest BCUT2D eigenvalue weighted by atomic mass is 10.2. The van der Waals surface area contributed by atoms with Crippen molar-refractivity contribution in [1.82, 2.24) is 5.32 Å². The van der Waals surface area contributed by atoms with Crippen LogP contribution >= 0.6 is 0 Å². The third kappa shape index (κ3) is 2.00. The molecule has 1 aliphatic carbocycles. The van der Waals surface area contributed by atoms with E-state index in [-0.39, 0.29) is 5.92 Å². The summed E-state index contributed by atoms with van der Waals surface area (Å²) < 4.78 is 0. The van der Waals surface area contributed by atoms with Crippen molar-refractivity contribution in [3.63, 3.8) is 0 Å². The highest BCUT2D eigenvalue weighted by molar-refractivity contribution is 4.98. The quantitative estimate of drug-likeness (QED) is 0.637. The first-order valence-corrected chi connectivity index (χ1v) is 3.81. The summed E-state index contributed by atoms with van der Waals surface area (Å²) in [6.07, 6.45) is 2.54. The SMILES string of the molecule is CC(C#N)CNC1(C)CC1. The van der Waals surface area contributed by atoms with Crippen molar-refractivity contribution in [3.05, 3.63) is 0 Å². The van der Waals surface area contributed by atoms with Gasteiger partial charge in [0.2, 0.25) is 0 Å². The Morgan fingerprint density at radius 1 is 1.70 bits per heavy atom. The fraction of sp³-hybridized carbons (Fsp3) is 0.875. The fourth-order valence-electron chi connectivity index (χ4n) is 0.809. The Kier molecular flexibility index (Phi) is 1.96. The van der Waals surface area contributed by atoms with Gasteiger partial charge in [0.25, 0.3) is 0 Å². The summed E-state index contributed by atoms with van der Waals surface area (Å²) in [5.74, 6) is 0.150. The van der Waals surface area contributed by atoms with Gasteiger partial charge in [0.15, 0.2) is 0 Å². The van der Waals surface area contributed by atoms with E-state index < -0.39 is 0 Å². The van der Waals surface area contributed by atoms with Crippen LogP contribution in [0.5, 0.6) is 0 Å². The highest BCUT2D eigenvalue weighted by Gasteiger charge is 2.36. The molecule has 0 aromatic heterocycles. The molecule has 0 amide bonds. The van der Waals surface area contributed by atoms with Crippen LogP contribution < -0.4 is 5.32 Å². The maximum absolute atomic E-state index is 8.46. The maximum Gasteiger partial charge on any atom is 0.0666 e. The molecule has 0 aromatic rings. The van der Waals surface area contributed by atoms with Crippen molar-refractivity contribution in [1.29, 1.82) is 5.26 Å². The topological polar surface area (TPSA) is 35.8 Å². The average molecular weight is 138 g/mol. The Balaban J connectivity index is 2.12. The maximum atomic E-state index is 8.46. The minimum absolute atomic E-state index is 0.150. The zero-order chi connectivity index (χ0) is 7.61. The number of rotatable bonds is 3. The van der Waals surface area contributed by atoms with Gasteiger partial charge < -0.3 is 5.32 Å². The molecule has 0 saturated heterocycles. The number of nitriles is 1. The average Bonchev–Trinajstić information content (AvgIpc) is 2.64. The monoisotopic (exact) mass is 138 g/mol. The molecule has 1 fully saturated rings. The molecule has 1 saturated carbocycles. The van der Waals surface area contributed by atoms with Crippen LogP contribution in [0.25, 0.3) is 0 Å². The molecule has 0 bridgehead atoms. The lowest BCUT2D eigenvalue weighted by molar-refractivity contribution is 0.500. The molecule has 10 heavy (non-hydrogen) atoms. The lowest BCUT2D eigenvalue weighted by Gasteiger charge is -2.11. The van der Waals surface area contributed by atoms with Crippen LogP contribution in [0, 0.1) is 17.2 Å². The van der Waals surface area contributed by atoms with Crippen LogP contribution in [0.2, 0.25) is 0 Å². The van der Waals surface area contributed by atoms with Gasteiger partial charge in [-0.2, -0.15) is 5.26 Å². The van der Waals surface area contributed by atoms with Gasteiger partial charge in [-0.1, -0.05) is 0 Å². The van der Waals surface area contributed by atoms with Gasteiger partial charge in [-0.25, -0.2) is 0 Å². The van der Waals surface area contributed by atoms with Crippen LogP contribution in [0.4, 0.5) is 0 Å². The molecular weight excluding hydrogens is 124 g/mol. The van der Waals surface area contributed by atoms with E-state index in [1.165, 1.54) is 12.8 Å². The van der Waals surface area contributed by atoms with Crippen molar-refractivity contribution in [2.24, 2.45) is 5.92 Å². The molecule has 0 aliphatic heterocycles. The normalized spacial score (nSPS) is 23.3. The Labute approximate surface area is 62.2 Å². The molecule has 0 aromatic carbocycles. The highest BCUT2D eigenvalue weighted by Crippen LogP contribution is 2.34. The molecule has 0 spiro atoms. The summed E-state index contributed by atoms with van der Waals surface area (Å²) in [5.41, 5.74) is 0.380. The zero-order valence-electron chi connectivity index (χ0n) is 6.65. The smallest absolute Gasteiger partial charge is 0.0666 e. The van der Waals surface area contributed by atoms with Crippen LogP contribution in [0.1, 0.15) is 26.7 Å². The van der Waals surface area contributed by atoms with E-state index in [9.17, 15) is 0 Å². The van der Waals surface area contributed by atoms with Crippen LogP contribution in [-0.4, -0.2) is 12.1 Å². The Bertz CT molecular complexity index is 153. The molecule has 0 heterocycles. The lowest BCUT2D eigenvalue weighted by Crippen LogP contribution is -2.31. The van der Waals surface area contributed by atoms with Gasteiger partial charge in [-0.05, 0) is 26.7 Å². The van der Waals surface area contributed by atoms with E-state index in [0.717, 1.165) is 6.54 Å². The minimum Gasteiger partial charge on any atom is -0.310 e. The van der Waals surface area contributed by atoms with E-state index >= 15 is 0 Å². The Morgan fingerprint density at radius 2 is 2.30 bits per heavy atom. The largest absolute Gasteiger partial charge is 0.310 e. The van der Waals surface area contributed by atoms with Crippen molar-refractivity contribution in [3.8, 4) is 6.07 Å². The molecule has 0 radical (unpaired) electrons. The van der Waals surface area contributed by atoms with E-state index in [0.29, 0.717) is 5.54 Å². The Morgan fingerprint density at radius 3 is 2.70 bits per heavy atom. The highest BCUT2D eigenvalue weighted by atomic mass is 15.0. The molecule has 2 nitrogen and oxygen atoms in total. The molecule has 1 aliphatic rings. The predicted molar refractivity (Wildman–Crippen MR) is 40.4 cm³/mol. The van der Waals surface area contributed by atoms with E-state index in [4.69, 9.17) is 5.26 Å². The van der Waals surface area contributed by atoms with Crippen molar-refractivity contribution >= 4 is 0 Å². The molecular formula is C8H14N2. The Hall–Kier alpha value is -0.550. The number of nitrogens with zero attached hydrogens (tertiary/aromatic N) is 1. The number of hydrogen-bond donors (Lipinski definition) is 1. The fourth-order valence-corrected chi connectivity index (χ4v) is 0.809. The van der Waals surface area contributed by atoms with Gasteiger partial charge in [0, 0.05) is 12.1 Å². The second-order valence-electron chi connectivity index (χ2n) is 3.47. The van der Waals surface area contributed by atoms with Gasteiger partial charge in [-0.3, -0.25) is 0 Å². The molecule has 1 N–H and O–H groups in total. The van der Waals surface area contributed by atoms with Gasteiger partial charge >= 0.3 is 0 Å². The van der Waals surface area contributed by atoms with Crippen molar-refractivity contribution in [2.75, 3.05) is 6.54 Å². The van der Waals surface area contributed by atoms with Crippen LogP contribution in [0.15, 0.2) is 0 Å². The third-order valence-electron chi connectivity index (χ3n) is 2.06. The van der Waals surface area contributed by atoms with E-state index in [1.54, 1.807) is 0 Å². The second-order valence-corrected chi connectivity index (χ2v) is 3.47. The summed E-state index contributed by atoms with van der Waals surface area (Å²) in [4.78, 5) is 0. The molecule has 1 unspecified atom stereocenters. The van der Waals surface area contributed by atoms with Gasteiger partial charge in [-0.15, -0.1) is 0 Å². The number of hydrogen-bond acceptors (Lipinski definition) is 2. The standard InChI is InChI=1S/C8H14N2/c1-7(5-9)6-10-8(2)3-4-8/h7,10H,3-4,6H2,1-2H3. The van der Waals surface area contributed by atoms with Crippen molar-refractivity contribution in [2.45, 2.75) is 32.2 Å². The van der Waals surface area contributed by atoms with Gasteiger partial charge in [0.05, 0.1) is 12.0 Å². The summed E-state index contributed by atoms with van der Waals surface area (Å²) in [5, 5.41) is 11.8. The molecule has 1 atom stereocenters. The predicted octanol–water partition coefficient (Wildman–Crippen LogP) is 1.29. The third-order valence-corrected chi connectivity index (χ3v) is 2.06. The summed E-state index contributed by atoms with van der Waals surface area (Å²) in [7, 11) is 0. The first-order valence-electron chi connectivity index (χ1n) is 3.81. The summed E-state index contributed by atoms with van der Waals surface area (Å²) in [6.45, 7) is 4.99.